The first-order valence-electron chi connectivity index (χ1n) is 11.5. The number of hydrogen-bond donors (Lipinski definition) is 0. The van der Waals surface area contributed by atoms with Gasteiger partial charge >= 0.3 is 5.97 Å². The van der Waals surface area contributed by atoms with Crippen molar-refractivity contribution in [2.75, 3.05) is 20.0 Å². The highest BCUT2D eigenvalue weighted by molar-refractivity contribution is 5.91. The minimum atomic E-state index is -0.433. The lowest BCUT2D eigenvalue weighted by Crippen LogP contribution is -2.08. The lowest BCUT2D eigenvalue weighted by molar-refractivity contribution is -0.261. The second kappa shape index (κ2) is 14.2. The SMILES string of the molecule is C=Cc1ccc(C(=O)Oc2ccc(OCOc3ccc(OCCCCOOC(=C)C)cc3)cc2)cc1. The number of rotatable bonds is 15. The Hall–Kier alpha value is -4.23. The van der Waals surface area contributed by atoms with Crippen LogP contribution in [-0.2, 0) is 9.78 Å². The van der Waals surface area contributed by atoms with Gasteiger partial charge in [-0.3, -0.25) is 0 Å². The quantitative estimate of drug-likeness (QED) is 0.0452. The van der Waals surface area contributed by atoms with E-state index in [1.54, 1.807) is 49.4 Å². The summed E-state index contributed by atoms with van der Waals surface area (Å²) in [5, 5.41) is 0. The molecule has 0 saturated heterocycles. The third kappa shape index (κ3) is 9.19. The van der Waals surface area contributed by atoms with E-state index in [9.17, 15) is 4.79 Å². The predicted molar refractivity (Wildman–Crippen MR) is 137 cm³/mol. The van der Waals surface area contributed by atoms with Crippen molar-refractivity contribution < 1.29 is 33.5 Å². The van der Waals surface area contributed by atoms with Crippen LogP contribution in [-0.4, -0.2) is 26.0 Å². The van der Waals surface area contributed by atoms with Crippen molar-refractivity contribution in [3.8, 4) is 23.0 Å². The van der Waals surface area contributed by atoms with Gasteiger partial charge in [0, 0.05) is 0 Å². The second-order valence-electron chi connectivity index (χ2n) is 7.73. The van der Waals surface area contributed by atoms with E-state index in [1.807, 2.05) is 36.4 Å². The van der Waals surface area contributed by atoms with Crippen molar-refractivity contribution >= 4 is 12.0 Å². The minimum absolute atomic E-state index is 0.0290. The fourth-order valence-electron chi connectivity index (χ4n) is 2.92. The van der Waals surface area contributed by atoms with Gasteiger partial charge in [-0.1, -0.05) is 31.4 Å². The monoisotopic (exact) mass is 490 g/mol. The molecule has 0 amide bonds. The fraction of sp³-hybridized carbons (Fsp3) is 0.207. The molecule has 0 fully saturated rings. The zero-order valence-corrected chi connectivity index (χ0v) is 20.3. The molecular formula is C29H30O7. The highest BCUT2D eigenvalue weighted by Crippen LogP contribution is 2.21. The number of hydrogen-bond acceptors (Lipinski definition) is 7. The Morgan fingerprint density at radius 3 is 1.83 bits per heavy atom. The summed E-state index contributed by atoms with van der Waals surface area (Å²) in [6.07, 6.45) is 3.37. The molecule has 0 N–H and O–H groups in total. The summed E-state index contributed by atoms with van der Waals surface area (Å²) in [6.45, 7) is 10.1. The third-order valence-corrected chi connectivity index (χ3v) is 4.78. The van der Waals surface area contributed by atoms with Crippen molar-refractivity contribution in [2.24, 2.45) is 0 Å². The molecule has 0 aliphatic rings. The molecule has 0 saturated carbocycles. The topological polar surface area (TPSA) is 72.5 Å². The van der Waals surface area contributed by atoms with Crippen LogP contribution in [0.4, 0.5) is 0 Å². The molecule has 3 aromatic carbocycles. The summed E-state index contributed by atoms with van der Waals surface area (Å²) in [5.41, 5.74) is 1.40. The number of carbonyl (C=O) groups excluding carboxylic acids is 1. The molecule has 3 aromatic rings. The van der Waals surface area contributed by atoms with Gasteiger partial charge in [0.2, 0.25) is 6.79 Å². The molecule has 0 unspecified atom stereocenters. The van der Waals surface area contributed by atoms with E-state index in [1.165, 1.54) is 0 Å². The van der Waals surface area contributed by atoms with E-state index in [0.717, 1.165) is 24.2 Å². The van der Waals surface area contributed by atoms with Crippen LogP contribution in [0.25, 0.3) is 6.08 Å². The van der Waals surface area contributed by atoms with Gasteiger partial charge < -0.3 is 23.8 Å². The van der Waals surface area contributed by atoms with Gasteiger partial charge in [-0.05, 0) is 86.0 Å². The first kappa shape index (κ1) is 26.4. The first-order valence-corrected chi connectivity index (χ1v) is 11.5. The molecule has 0 atom stereocenters. The molecule has 0 heterocycles. The standard InChI is InChI=1S/C29H30O7/c1-4-23-7-9-24(10-8-23)29(30)35-28-17-15-27(16-18-28)33-21-32-26-13-11-25(12-14-26)31-19-5-6-20-34-36-22(2)3/h4,7-18H,1-2,5-6,19-21H2,3H3. The number of ether oxygens (including phenoxy) is 4. The molecule has 0 radical (unpaired) electrons. The lowest BCUT2D eigenvalue weighted by atomic mass is 10.1. The van der Waals surface area contributed by atoms with Crippen LogP contribution in [0.2, 0.25) is 0 Å². The van der Waals surface area contributed by atoms with Crippen LogP contribution in [0.15, 0.2) is 91.7 Å². The molecular weight excluding hydrogens is 460 g/mol. The molecule has 0 spiro atoms. The predicted octanol–water partition coefficient (Wildman–Crippen LogP) is 6.60. The Labute approximate surface area is 211 Å². The number of esters is 1. The maximum absolute atomic E-state index is 12.3. The van der Waals surface area contributed by atoms with E-state index in [0.29, 0.717) is 41.8 Å². The molecule has 0 aliphatic carbocycles. The van der Waals surface area contributed by atoms with Crippen molar-refractivity contribution in [2.45, 2.75) is 19.8 Å². The molecule has 7 heteroatoms. The van der Waals surface area contributed by atoms with Gasteiger partial charge in [-0.2, -0.15) is 4.89 Å². The molecule has 3 rings (SSSR count). The Balaban J connectivity index is 1.33. The summed E-state index contributed by atoms with van der Waals surface area (Å²) in [4.78, 5) is 22.1. The van der Waals surface area contributed by atoms with Gasteiger partial charge in [0.05, 0.1) is 18.8 Å². The van der Waals surface area contributed by atoms with Crippen LogP contribution in [0.1, 0.15) is 35.7 Å². The van der Waals surface area contributed by atoms with Crippen LogP contribution < -0.4 is 18.9 Å². The Kier molecular flexibility index (Phi) is 10.4. The Morgan fingerprint density at radius 1 is 0.750 bits per heavy atom. The minimum Gasteiger partial charge on any atom is -0.494 e. The largest absolute Gasteiger partial charge is 0.494 e. The van der Waals surface area contributed by atoms with Gasteiger partial charge in [-0.25, -0.2) is 4.79 Å². The van der Waals surface area contributed by atoms with E-state index in [2.05, 4.69) is 13.2 Å². The van der Waals surface area contributed by atoms with Gasteiger partial charge in [-0.15, -0.1) is 0 Å². The zero-order chi connectivity index (χ0) is 25.6. The van der Waals surface area contributed by atoms with Gasteiger partial charge in [0.15, 0.2) is 0 Å². The highest BCUT2D eigenvalue weighted by atomic mass is 17.2. The second-order valence-corrected chi connectivity index (χ2v) is 7.73. The molecule has 36 heavy (non-hydrogen) atoms. The van der Waals surface area contributed by atoms with Crippen LogP contribution in [0.5, 0.6) is 23.0 Å². The Bertz CT molecular complexity index is 1100. The van der Waals surface area contributed by atoms with Crippen LogP contribution in [0.3, 0.4) is 0 Å². The fourth-order valence-corrected chi connectivity index (χ4v) is 2.92. The molecule has 0 aliphatic heterocycles. The summed E-state index contributed by atoms with van der Waals surface area (Å²) in [6, 6.07) is 21.1. The zero-order valence-electron chi connectivity index (χ0n) is 20.3. The lowest BCUT2D eigenvalue weighted by Gasteiger charge is -2.10. The van der Waals surface area contributed by atoms with Crippen molar-refractivity contribution in [3.05, 3.63) is 103 Å². The Morgan fingerprint density at radius 2 is 1.28 bits per heavy atom. The van der Waals surface area contributed by atoms with E-state index in [4.69, 9.17) is 28.7 Å². The summed E-state index contributed by atoms with van der Waals surface area (Å²) in [7, 11) is 0. The van der Waals surface area contributed by atoms with Crippen molar-refractivity contribution in [3.63, 3.8) is 0 Å². The molecule has 7 nitrogen and oxygen atoms in total. The van der Waals surface area contributed by atoms with E-state index in [-0.39, 0.29) is 6.79 Å². The van der Waals surface area contributed by atoms with Crippen molar-refractivity contribution in [1.82, 2.24) is 0 Å². The number of benzene rings is 3. The normalized spacial score (nSPS) is 10.2. The number of unbranched alkanes of at least 4 members (excludes halogenated alkanes) is 1. The van der Waals surface area contributed by atoms with E-state index < -0.39 is 5.97 Å². The van der Waals surface area contributed by atoms with Crippen LogP contribution >= 0.6 is 0 Å². The highest BCUT2D eigenvalue weighted by Gasteiger charge is 2.08. The average Bonchev–Trinajstić information content (AvgIpc) is 2.90. The maximum Gasteiger partial charge on any atom is 0.343 e. The molecule has 0 aromatic heterocycles. The molecule has 188 valence electrons. The smallest absolute Gasteiger partial charge is 0.343 e. The van der Waals surface area contributed by atoms with Gasteiger partial charge in [0.1, 0.15) is 28.8 Å². The first-order chi connectivity index (χ1) is 17.5. The average molecular weight is 491 g/mol. The summed E-state index contributed by atoms with van der Waals surface area (Å²) >= 11 is 0. The third-order valence-electron chi connectivity index (χ3n) is 4.78. The van der Waals surface area contributed by atoms with Gasteiger partial charge in [0.25, 0.3) is 0 Å². The summed E-state index contributed by atoms with van der Waals surface area (Å²) < 4.78 is 22.3. The maximum atomic E-state index is 12.3. The number of allylic oxidation sites excluding steroid dienone is 1. The number of carbonyl (C=O) groups is 1. The van der Waals surface area contributed by atoms with Crippen molar-refractivity contribution in [1.29, 1.82) is 0 Å². The summed E-state index contributed by atoms with van der Waals surface area (Å²) in [5.74, 6) is 2.51. The van der Waals surface area contributed by atoms with E-state index >= 15 is 0 Å². The molecule has 0 bridgehead atoms. The van der Waals surface area contributed by atoms with Crippen LogP contribution in [0, 0.1) is 0 Å².